The predicted octanol–water partition coefficient (Wildman–Crippen LogP) is 2.64. The summed E-state index contributed by atoms with van der Waals surface area (Å²) in [5, 5.41) is 27.8. The van der Waals surface area contributed by atoms with Crippen molar-refractivity contribution in [3.05, 3.63) is 102 Å². The average Bonchev–Trinajstić information content (AvgIpc) is 3.09. The molecule has 0 fully saturated rings. The van der Waals surface area contributed by atoms with Crippen molar-refractivity contribution in [3.8, 4) is 17.2 Å². The largest absolute Gasteiger partial charge is 0.539 e. The zero-order chi connectivity index (χ0) is 18.7. The topological polar surface area (TPSA) is 73.2 Å². The molecule has 4 aromatic rings. The van der Waals surface area contributed by atoms with E-state index >= 15 is 0 Å². The van der Waals surface area contributed by atoms with Gasteiger partial charge >= 0.3 is 0 Å². The highest BCUT2D eigenvalue weighted by molar-refractivity contribution is 5.59. The number of aliphatic hydroxyl groups is 1. The standard InChI is InChI=1S/C22H18N2O3/c25-21-20(17-10-4-1-5-11-17)24(23-27-21)16-22(26,18-12-6-2-7-13-18)19-14-8-3-9-15-19/h1-15,26H,16H2. The van der Waals surface area contributed by atoms with Crippen LogP contribution >= 0.6 is 0 Å². The van der Waals surface area contributed by atoms with E-state index in [0.29, 0.717) is 22.4 Å². The van der Waals surface area contributed by atoms with Crippen molar-refractivity contribution >= 4 is 0 Å². The first-order chi connectivity index (χ1) is 13.2. The van der Waals surface area contributed by atoms with E-state index in [1.54, 1.807) is 0 Å². The Kier molecular flexibility index (Phi) is 4.44. The van der Waals surface area contributed by atoms with Crippen molar-refractivity contribution < 1.29 is 19.4 Å². The lowest BCUT2D eigenvalue weighted by Crippen LogP contribution is -2.49. The summed E-state index contributed by atoms with van der Waals surface area (Å²) < 4.78 is 6.34. The van der Waals surface area contributed by atoms with Gasteiger partial charge in [0.2, 0.25) is 6.54 Å². The highest BCUT2D eigenvalue weighted by Crippen LogP contribution is 2.31. The van der Waals surface area contributed by atoms with Crippen LogP contribution in [-0.4, -0.2) is 10.4 Å². The van der Waals surface area contributed by atoms with E-state index in [4.69, 9.17) is 4.52 Å². The molecule has 0 bridgehead atoms. The van der Waals surface area contributed by atoms with Gasteiger partial charge in [0.05, 0.1) is 10.8 Å². The van der Waals surface area contributed by atoms with Gasteiger partial charge in [0.1, 0.15) is 0 Å². The Morgan fingerprint density at radius 2 is 1.30 bits per heavy atom. The molecule has 1 N–H and O–H groups in total. The minimum absolute atomic E-state index is 0.0387. The van der Waals surface area contributed by atoms with E-state index in [0.717, 1.165) is 0 Å². The molecule has 0 atom stereocenters. The molecule has 27 heavy (non-hydrogen) atoms. The molecule has 134 valence electrons. The van der Waals surface area contributed by atoms with Crippen LogP contribution in [0.15, 0.2) is 95.5 Å². The van der Waals surface area contributed by atoms with E-state index < -0.39 is 11.5 Å². The summed E-state index contributed by atoms with van der Waals surface area (Å²) >= 11 is 0. The maximum Gasteiger partial charge on any atom is 0.264 e. The summed E-state index contributed by atoms with van der Waals surface area (Å²) in [6, 6.07) is 27.9. The molecular weight excluding hydrogens is 340 g/mol. The number of aromatic nitrogens is 2. The molecule has 4 rings (SSSR count). The fraction of sp³-hybridized carbons (Fsp3) is 0.0909. The highest BCUT2D eigenvalue weighted by Gasteiger charge is 2.39. The van der Waals surface area contributed by atoms with E-state index in [-0.39, 0.29) is 6.54 Å². The lowest BCUT2D eigenvalue weighted by atomic mass is 9.86. The SMILES string of the molecule is [O-]c1on[n+](CC(O)(c2ccccc2)c2ccccc2)c1-c1ccccc1. The number of nitrogens with zero attached hydrogens (tertiary/aromatic N) is 2. The first-order valence-corrected chi connectivity index (χ1v) is 8.64. The summed E-state index contributed by atoms with van der Waals surface area (Å²) in [5.74, 6) is -0.537. The summed E-state index contributed by atoms with van der Waals surface area (Å²) in [4.78, 5) is 0. The zero-order valence-corrected chi connectivity index (χ0v) is 14.5. The third-order valence-corrected chi connectivity index (χ3v) is 4.60. The minimum atomic E-state index is -1.37. The van der Waals surface area contributed by atoms with Crippen LogP contribution in [0.4, 0.5) is 0 Å². The molecule has 1 aromatic heterocycles. The Morgan fingerprint density at radius 1 is 0.815 bits per heavy atom. The van der Waals surface area contributed by atoms with Crippen LogP contribution in [0.25, 0.3) is 11.3 Å². The molecule has 0 unspecified atom stereocenters. The minimum Gasteiger partial charge on any atom is -0.539 e. The summed E-state index contributed by atoms with van der Waals surface area (Å²) in [5.41, 5.74) is 1.03. The molecule has 0 aliphatic heterocycles. The average molecular weight is 358 g/mol. The van der Waals surface area contributed by atoms with Crippen LogP contribution in [-0.2, 0) is 12.1 Å². The number of rotatable bonds is 5. The van der Waals surface area contributed by atoms with Gasteiger partial charge in [0.15, 0.2) is 11.5 Å². The van der Waals surface area contributed by atoms with Gasteiger partial charge in [-0.1, -0.05) is 83.5 Å². The Bertz CT molecular complexity index is 976. The quantitative estimate of drug-likeness (QED) is 0.557. The Hall–Kier alpha value is -3.44. The van der Waals surface area contributed by atoms with E-state index in [9.17, 15) is 10.2 Å². The maximum atomic E-state index is 12.3. The molecule has 0 aliphatic rings. The fourth-order valence-electron chi connectivity index (χ4n) is 3.24. The molecule has 0 saturated carbocycles. The van der Waals surface area contributed by atoms with Crippen molar-refractivity contribution in [2.75, 3.05) is 0 Å². The van der Waals surface area contributed by atoms with Gasteiger partial charge in [-0.3, -0.25) is 0 Å². The van der Waals surface area contributed by atoms with Gasteiger partial charge in [-0.05, 0) is 23.3 Å². The van der Waals surface area contributed by atoms with Crippen molar-refractivity contribution in [2.45, 2.75) is 12.1 Å². The molecule has 0 aliphatic carbocycles. The summed E-state index contributed by atoms with van der Waals surface area (Å²) in [6.07, 6.45) is 0. The third-order valence-electron chi connectivity index (χ3n) is 4.60. The van der Waals surface area contributed by atoms with Crippen LogP contribution in [0.3, 0.4) is 0 Å². The van der Waals surface area contributed by atoms with Crippen LogP contribution < -0.4 is 9.79 Å². The smallest absolute Gasteiger partial charge is 0.264 e. The van der Waals surface area contributed by atoms with E-state index in [2.05, 4.69) is 5.27 Å². The van der Waals surface area contributed by atoms with Crippen molar-refractivity contribution in [1.82, 2.24) is 5.27 Å². The highest BCUT2D eigenvalue weighted by atomic mass is 16.6. The number of hydrogen-bond acceptors (Lipinski definition) is 4. The second-order valence-electron chi connectivity index (χ2n) is 6.33. The van der Waals surface area contributed by atoms with Crippen molar-refractivity contribution in [2.24, 2.45) is 0 Å². The predicted molar refractivity (Wildman–Crippen MR) is 97.5 cm³/mol. The van der Waals surface area contributed by atoms with Gasteiger partial charge in [0.25, 0.3) is 5.69 Å². The Labute approximate surface area is 156 Å². The van der Waals surface area contributed by atoms with Crippen molar-refractivity contribution in [1.29, 1.82) is 0 Å². The normalized spacial score (nSPS) is 11.4. The first kappa shape index (κ1) is 17.0. The zero-order valence-electron chi connectivity index (χ0n) is 14.5. The molecule has 1 heterocycles. The fourth-order valence-corrected chi connectivity index (χ4v) is 3.24. The lowest BCUT2D eigenvalue weighted by Gasteiger charge is -2.25. The van der Waals surface area contributed by atoms with Crippen LogP contribution in [0.2, 0.25) is 0 Å². The Balaban J connectivity index is 1.83. The molecule has 3 aromatic carbocycles. The molecule has 0 amide bonds. The molecular formula is C22H18N2O3. The van der Waals surface area contributed by atoms with Crippen LogP contribution in [0, 0.1) is 0 Å². The van der Waals surface area contributed by atoms with E-state index in [1.807, 2.05) is 91.0 Å². The summed E-state index contributed by atoms with van der Waals surface area (Å²) in [6.45, 7) is 0.0387. The van der Waals surface area contributed by atoms with Gasteiger partial charge in [0, 0.05) is 0 Å². The maximum absolute atomic E-state index is 12.3. The number of hydrogen-bond donors (Lipinski definition) is 1. The van der Waals surface area contributed by atoms with E-state index in [1.165, 1.54) is 4.68 Å². The van der Waals surface area contributed by atoms with Gasteiger partial charge in [-0.15, -0.1) is 0 Å². The first-order valence-electron chi connectivity index (χ1n) is 8.64. The van der Waals surface area contributed by atoms with Gasteiger partial charge < -0.3 is 14.7 Å². The number of benzene rings is 3. The Morgan fingerprint density at radius 3 is 1.81 bits per heavy atom. The monoisotopic (exact) mass is 358 g/mol. The third kappa shape index (κ3) is 3.20. The van der Waals surface area contributed by atoms with Crippen LogP contribution in [0.5, 0.6) is 5.95 Å². The van der Waals surface area contributed by atoms with Gasteiger partial charge in [-0.2, -0.15) is 0 Å². The second-order valence-corrected chi connectivity index (χ2v) is 6.33. The van der Waals surface area contributed by atoms with Crippen molar-refractivity contribution in [3.63, 3.8) is 0 Å². The molecule has 0 radical (unpaired) electrons. The molecule has 5 nitrogen and oxygen atoms in total. The molecule has 0 saturated heterocycles. The second kappa shape index (κ2) is 7.05. The van der Waals surface area contributed by atoms with Crippen LogP contribution in [0.1, 0.15) is 11.1 Å². The lowest BCUT2D eigenvalue weighted by molar-refractivity contribution is -0.764. The molecule has 0 spiro atoms. The molecule has 5 heteroatoms. The van der Waals surface area contributed by atoms with Gasteiger partial charge in [-0.25, -0.2) is 0 Å². The summed E-state index contributed by atoms with van der Waals surface area (Å²) in [7, 11) is 0.